The van der Waals surface area contributed by atoms with Crippen LogP contribution in [0.4, 0.5) is 0 Å². The van der Waals surface area contributed by atoms with E-state index in [1.54, 1.807) is 0 Å². The van der Waals surface area contributed by atoms with Crippen molar-refractivity contribution in [3.05, 3.63) is 24.3 Å². The van der Waals surface area contributed by atoms with Gasteiger partial charge in [-0.2, -0.15) is 5.10 Å². The van der Waals surface area contributed by atoms with Gasteiger partial charge in [-0.1, -0.05) is 12.2 Å². The van der Waals surface area contributed by atoms with E-state index in [1.807, 2.05) is 17.1 Å². The minimum absolute atomic E-state index is 0.124. The molecule has 1 amide bonds. The number of carbonyl (C=O) groups is 1. The number of carbonyl (C=O) groups excluding carboxylic acids is 1. The largest absolute Gasteiger partial charge is 0.338 e. The zero-order chi connectivity index (χ0) is 13.1. The summed E-state index contributed by atoms with van der Waals surface area (Å²) in [7, 11) is 0. The molecule has 7 nitrogen and oxygen atoms in total. The van der Waals surface area contributed by atoms with Gasteiger partial charge in [0.05, 0.1) is 6.54 Å². The lowest BCUT2D eigenvalue weighted by Crippen LogP contribution is -2.52. The van der Waals surface area contributed by atoms with Gasteiger partial charge in [-0.15, -0.1) is 0 Å². The van der Waals surface area contributed by atoms with Gasteiger partial charge in [0.15, 0.2) is 0 Å². The Morgan fingerprint density at radius 1 is 1.37 bits per heavy atom. The first kappa shape index (κ1) is 12.3. The Bertz CT molecular complexity index is 449. The van der Waals surface area contributed by atoms with Gasteiger partial charge in [0.2, 0.25) is 5.91 Å². The van der Waals surface area contributed by atoms with Gasteiger partial charge < -0.3 is 4.90 Å². The zero-order valence-corrected chi connectivity index (χ0v) is 10.7. The average Bonchev–Trinajstić information content (AvgIpc) is 3.12. The molecule has 0 aromatic carbocycles. The Labute approximate surface area is 111 Å². The van der Waals surface area contributed by atoms with Crippen LogP contribution in [0.3, 0.4) is 0 Å². The van der Waals surface area contributed by atoms with Crippen LogP contribution in [-0.4, -0.2) is 69.7 Å². The van der Waals surface area contributed by atoms with E-state index in [4.69, 9.17) is 0 Å². The number of hydrogen-bond donors (Lipinski definition) is 2. The summed E-state index contributed by atoms with van der Waals surface area (Å²) in [6.07, 6.45) is 5.47. The molecule has 19 heavy (non-hydrogen) atoms. The van der Waals surface area contributed by atoms with Crippen molar-refractivity contribution in [1.82, 2.24) is 30.3 Å². The van der Waals surface area contributed by atoms with Gasteiger partial charge >= 0.3 is 0 Å². The minimum Gasteiger partial charge on any atom is -0.338 e. The third-order valence-electron chi connectivity index (χ3n) is 3.57. The molecule has 0 unspecified atom stereocenters. The lowest BCUT2D eigenvalue weighted by atomic mass is 10.2. The highest BCUT2D eigenvalue weighted by molar-refractivity contribution is 5.84. The van der Waals surface area contributed by atoms with Crippen LogP contribution in [0.15, 0.2) is 18.5 Å². The molecule has 7 heteroatoms. The molecule has 1 aromatic heterocycles. The number of aromatic nitrogens is 3. The number of hydrogen-bond acceptors (Lipinski definition) is 5. The number of aromatic amines is 1. The van der Waals surface area contributed by atoms with Crippen LogP contribution in [0.25, 0.3) is 0 Å². The van der Waals surface area contributed by atoms with Crippen LogP contribution in [0, 0.1) is 0 Å². The predicted molar refractivity (Wildman–Crippen MR) is 69.2 cm³/mol. The van der Waals surface area contributed by atoms with Gasteiger partial charge in [-0.3, -0.25) is 20.1 Å². The van der Waals surface area contributed by atoms with Crippen molar-refractivity contribution < 1.29 is 4.79 Å². The summed E-state index contributed by atoms with van der Waals surface area (Å²) in [4.78, 5) is 20.5. The highest BCUT2D eigenvalue weighted by atomic mass is 16.2. The first-order valence-electron chi connectivity index (χ1n) is 6.58. The lowest BCUT2D eigenvalue weighted by Gasteiger charge is -2.35. The van der Waals surface area contributed by atoms with Gasteiger partial charge in [0.1, 0.15) is 18.2 Å². The Morgan fingerprint density at radius 2 is 2.21 bits per heavy atom. The number of amides is 1. The van der Waals surface area contributed by atoms with E-state index in [0.29, 0.717) is 0 Å². The van der Waals surface area contributed by atoms with Crippen molar-refractivity contribution in [2.24, 2.45) is 0 Å². The molecule has 102 valence electrons. The monoisotopic (exact) mass is 262 g/mol. The summed E-state index contributed by atoms with van der Waals surface area (Å²) in [5.74, 6) is 1.06. The van der Waals surface area contributed by atoms with Crippen molar-refractivity contribution in [2.75, 3.05) is 32.7 Å². The van der Waals surface area contributed by atoms with Crippen LogP contribution in [0.5, 0.6) is 0 Å². The third-order valence-corrected chi connectivity index (χ3v) is 3.57. The molecule has 3 rings (SSSR count). The maximum absolute atomic E-state index is 12.2. The molecule has 2 aliphatic heterocycles. The van der Waals surface area contributed by atoms with Crippen LogP contribution >= 0.6 is 0 Å². The van der Waals surface area contributed by atoms with E-state index >= 15 is 0 Å². The SMILES string of the molecule is O=C([C@@H]1C=CCN1)N1CCN(Cc2ncn[nH]2)CC1. The molecule has 0 spiro atoms. The maximum Gasteiger partial charge on any atom is 0.243 e. The summed E-state index contributed by atoms with van der Waals surface area (Å²) in [5.41, 5.74) is 0. The highest BCUT2D eigenvalue weighted by Crippen LogP contribution is 2.08. The van der Waals surface area contributed by atoms with Gasteiger partial charge in [-0.05, 0) is 0 Å². The topological polar surface area (TPSA) is 77.2 Å². The van der Waals surface area contributed by atoms with E-state index in [0.717, 1.165) is 45.1 Å². The van der Waals surface area contributed by atoms with Crippen molar-refractivity contribution in [2.45, 2.75) is 12.6 Å². The fraction of sp³-hybridized carbons (Fsp3) is 0.583. The molecule has 3 heterocycles. The summed E-state index contributed by atoms with van der Waals surface area (Å²) < 4.78 is 0. The average molecular weight is 262 g/mol. The fourth-order valence-electron chi connectivity index (χ4n) is 2.48. The molecule has 1 saturated heterocycles. The van der Waals surface area contributed by atoms with E-state index in [9.17, 15) is 4.79 Å². The molecule has 0 bridgehead atoms. The molecule has 0 radical (unpaired) electrons. The Hall–Kier alpha value is -1.73. The summed E-state index contributed by atoms with van der Waals surface area (Å²) in [6, 6.07) is -0.124. The minimum atomic E-state index is -0.124. The first-order valence-corrected chi connectivity index (χ1v) is 6.58. The van der Waals surface area contributed by atoms with E-state index in [-0.39, 0.29) is 11.9 Å². The molecule has 1 aromatic rings. The van der Waals surface area contributed by atoms with Gasteiger partial charge in [0.25, 0.3) is 0 Å². The van der Waals surface area contributed by atoms with Crippen LogP contribution in [0.2, 0.25) is 0 Å². The molecular formula is C12H18N6O. The molecule has 0 aliphatic carbocycles. The molecule has 1 fully saturated rings. The number of nitrogens with zero attached hydrogens (tertiary/aromatic N) is 4. The number of rotatable bonds is 3. The van der Waals surface area contributed by atoms with Crippen molar-refractivity contribution in [1.29, 1.82) is 0 Å². The summed E-state index contributed by atoms with van der Waals surface area (Å²) in [5, 5.41) is 9.86. The van der Waals surface area contributed by atoms with Crippen LogP contribution in [0.1, 0.15) is 5.82 Å². The van der Waals surface area contributed by atoms with Crippen molar-refractivity contribution in [3.63, 3.8) is 0 Å². The Kier molecular flexibility index (Phi) is 3.56. The van der Waals surface area contributed by atoms with Gasteiger partial charge in [-0.25, -0.2) is 4.98 Å². The number of piperazine rings is 1. The maximum atomic E-state index is 12.2. The molecule has 2 N–H and O–H groups in total. The van der Waals surface area contributed by atoms with Gasteiger partial charge in [0, 0.05) is 32.7 Å². The first-order chi connectivity index (χ1) is 9.33. The number of H-pyrrole nitrogens is 1. The fourth-order valence-corrected chi connectivity index (χ4v) is 2.48. The van der Waals surface area contributed by atoms with E-state index in [2.05, 4.69) is 25.4 Å². The lowest BCUT2D eigenvalue weighted by molar-refractivity contribution is -0.133. The Balaban J connectivity index is 1.49. The van der Waals surface area contributed by atoms with Crippen LogP contribution in [-0.2, 0) is 11.3 Å². The molecule has 1 atom stereocenters. The third kappa shape index (κ3) is 2.82. The summed E-state index contributed by atoms with van der Waals surface area (Å²) >= 11 is 0. The molecular weight excluding hydrogens is 244 g/mol. The normalized spacial score (nSPS) is 24.0. The second-order valence-electron chi connectivity index (χ2n) is 4.85. The smallest absolute Gasteiger partial charge is 0.243 e. The van der Waals surface area contributed by atoms with Crippen molar-refractivity contribution >= 4 is 5.91 Å². The molecule has 2 aliphatic rings. The summed E-state index contributed by atoms with van der Waals surface area (Å²) in [6.45, 7) is 4.87. The number of nitrogens with one attached hydrogen (secondary N) is 2. The zero-order valence-electron chi connectivity index (χ0n) is 10.7. The van der Waals surface area contributed by atoms with Crippen molar-refractivity contribution in [3.8, 4) is 0 Å². The van der Waals surface area contributed by atoms with E-state index < -0.39 is 0 Å². The van der Waals surface area contributed by atoms with Crippen LogP contribution < -0.4 is 5.32 Å². The Morgan fingerprint density at radius 3 is 2.84 bits per heavy atom. The second kappa shape index (κ2) is 5.50. The quantitative estimate of drug-likeness (QED) is 0.682. The second-order valence-corrected chi connectivity index (χ2v) is 4.85. The van der Waals surface area contributed by atoms with E-state index in [1.165, 1.54) is 6.33 Å². The predicted octanol–water partition coefficient (Wildman–Crippen LogP) is -1.02. The highest BCUT2D eigenvalue weighted by Gasteiger charge is 2.27. The molecule has 0 saturated carbocycles. The standard InChI is InChI=1S/C12H18N6O/c19-12(10-2-1-3-13-10)18-6-4-17(5-7-18)8-11-14-9-15-16-11/h1-2,9-10,13H,3-8H2,(H,14,15,16)/t10-/m0/s1.